The standard InChI is InChI=1S/C29H33Cl2N3O5S/c1-19(2)32-29(36)21(4)33(17-25-26(30)10-7-11-27(25)31)28(35)18-34(22-8-6-9-23(16-22)39-5)40(37,38)24-14-12-20(3)13-15-24/h6-16,19,21H,17-18H2,1-5H3,(H,32,36). The van der Waals surface area contributed by atoms with Gasteiger partial charge in [0.05, 0.1) is 17.7 Å². The first kappa shape index (κ1) is 31.3. The molecule has 3 rings (SSSR count). The van der Waals surface area contributed by atoms with Gasteiger partial charge in [0.1, 0.15) is 18.3 Å². The number of hydrogen-bond donors (Lipinski definition) is 1. The number of rotatable bonds is 11. The Labute approximate surface area is 245 Å². The number of anilines is 1. The summed E-state index contributed by atoms with van der Waals surface area (Å²) < 4.78 is 34.1. The van der Waals surface area contributed by atoms with E-state index < -0.39 is 34.4 Å². The molecule has 0 aromatic heterocycles. The molecule has 11 heteroatoms. The van der Waals surface area contributed by atoms with Crippen LogP contribution < -0.4 is 14.4 Å². The lowest BCUT2D eigenvalue weighted by Crippen LogP contribution is -2.52. The molecule has 0 saturated carbocycles. The van der Waals surface area contributed by atoms with Crippen LogP contribution in [-0.4, -0.2) is 50.9 Å². The van der Waals surface area contributed by atoms with Crippen molar-refractivity contribution < 1.29 is 22.7 Å². The van der Waals surface area contributed by atoms with E-state index in [9.17, 15) is 18.0 Å². The quantitative estimate of drug-likeness (QED) is 0.313. The lowest BCUT2D eigenvalue weighted by atomic mass is 10.1. The molecule has 0 radical (unpaired) electrons. The molecule has 0 bridgehead atoms. The fourth-order valence-corrected chi connectivity index (χ4v) is 5.90. The summed E-state index contributed by atoms with van der Waals surface area (Å²) in [6.07, 6.45) is 0. The van der Waals surface area contributed by atoms with Gasteiger partial charge in [-0.1, -0.05) is 53.0 Å². The third kappa shape index (κ3) is 7.47. The maximum absolute atomic E-state index is 14.0. The van der Waals surface area contributed by atoms with Crippen LogP contribution in [0.1, 0.15) is 31.9 Å². The number of aryl methyl sites for hydroxylation is 1. The number of benzene rings is 3. The van der Waals surface area contributed by atoms with Crippen molar-refractivity contribution in [1.29, 1.82) is 0 Å². The molecule has 0 heterocycles. The SMILES string of the molecule is COc1cccc(N(CC(=O)N(Cc2c(Cl)cccc2Cl)C(C)C(=O)NC(C)C)S(=O)(=O)c2ccc(C)cc2)c1. The predicted molar refractivity (Wildman–Crippen MR) is 158 cm³/mol. The third-order valence-electron chi connectivity index (χ3n) is 6.22. The Morgan fingerprint density at radius 1 is 0.950 bits per heavy atom. The molecule has 1 unspecified atom stereocenters. The van der Waals surface area contributed by atoms with E-state index in [4.69, 9.17) is 27.9 Å². The summed E-state index contributed by atoms with van der Waals surface area (Å²) in [7, 11) is -2.74. The van der Waals surface area contributed by atoms with Crippen LogP contribution in [0.25, 0.3) is 0 Å². The first-order chi connectivity index (χ1) is 18.8. The number of nitrogens with zero attached hydrogens (tertiary/aromatic N) is 2. The third-order valence-corrected chi connectivity index (χ3v) is 8.71. The number of methoxy groups -OCH3 is 1. The summed E-state index contributed by atoms with van der Waals surface area (Å²) in [4.78, 5) is 28.3. The molecule has 2 amide bonds. The van der Waals surface area contributed by atoms with Crippen LogP contribution in [0.3, 0.4) is 0 Å². The van der Waals surface area contributed by atoms with E-state index in [1.54, 1.807) is 69.3 Å². The number of nitrogens with one attached hydrogen (secondary N) is 1. The second-order valence-corrected chi connectivity index (χ2v) is 12.3. The molecule has 0 fully saturated rings. The number of sulfonamides is 1. The van der Waals surface area contributed by atoms with Gasteiger partial charge in [0, 0.05) is 34.3 Å². The van der Waals surface area contributed by atoms with Gasteiger partial charge < -0.3 is 15.0 Å². The molecule has 214 valence electrons. The van der Waals surface area contributed by atoms with E-state index in [0.717, 1.165) is 9.87 Å². The molecule has 0 saturated heterocycles. The number of hydrogen-bond acceptors (Lipinski definition) is 5. The fourth-order valence-electron chi connectivity index (χ4n) is 3.97. The van der Waals surface area contributed by atoms with Gasteiger partial charge in [0.2, 0.25) is 11.8 Å². The first-order valence-electron chi connectivity index (χ1n) is 12.6. The molecule has 0 spiro atoms. The van der Waals surface area contributed by atoms with Gasteiger partial charge in [-0.25, -0.2) is 8.42 Å². The molecule has 8 nitrogen and oxygen atoms in total. The van der Waals surface area contributed by atoms with Crippen LogP contribution in [0.2, 0.25) is 10.0 Å². The van der Waals surface area contributed by atoms with Crippen LogP contribution in [0, 0.1) is 6.92 Å². The van der Waals surface area contributed by atoms with Gasteiger partial charge in [-0.2, -0.15) is 0 Å². The van der Waals surface area contributed by atoms with Crippen LogP contribution in [0.4, 0.5) is 5.69 Å². The summed E-state index contributed by atoms with van der Waals surface area (Å²) in [6, 6.07) is 16.6. The molecular formula is C29H33Cl2N3O5S. The Balaban J connectivity index is 2.09. The van der Waals surface area contributed by atoms with Gasteiger partial charge in [0.25, 0.3) is 10.0 Å². The largest absolute Gasteiger partial charge is 0.497 e. The van der Waals surface area contributed by atoms with Crippen molar-refractivity contribution in [2.45, 2.75) is 51.2 Å². The van der Waals surface area contributed by atoms with Gasteiger partial charge in [0.15, 0.2) is 0 Å². The Bertz CT molecular complexity index is 1440. The zero-order valence-electron chi connectivity index (χ0n) is 23.0. The monoisotopic (exact) mass is 605 g/mol. The van der Waals surface area contributed by atoms with E-state index in [1.807, 2.05) is 6.92 Å². The first-order valence-corrected chi connectivity index (χ1v) is 14.8. The summed E-state index contributed by atoms with van der Waals surface area (Å²) in [5.74, 6) is -0.611. The highest BCUT2D eigenvalue weighted by Crippen LogP contribution is 2.29. The van der Waals surface area contributed by atoms with Crippen LogP contribution >= 0.6 is 23.2 Å². The number of ether oxygens (including phenoxy) is 1. The fraction of sp³-hybridized carbons (Fsp3) is 0.310. The van der Waals surface area contributed by atoms with Gasteiger partial charge in [-0.3, -0.25) is 13.9 Å². The molecule has 1 atom stereocenters. The molecule has 3 aromatic rings. The Kier molecular flexibility index (Phi) is 10.5. The second-order valence-electron chi connectivity index (χ2n) is 9.59. The second kappa shape index (κ2) is 13.4. The maximum Gasteiger partial charge on any atom is 0.264 e. The Hall–Kier alpha value is -3.27. The van der Waals surface area contributed by atoms with E-state index in [0.29, 0.717) is 21.4 Å². The maximum atomic E-state index is 14.0. The summed E-state index contributed by atoms with van der Waals surface area (Å²) in [5.41, 5.74) is 1.55. The van der Waals surface area contributed by atoms with Crippen LogP contribution in [0.15, 0.2) is 71.6 Å². The van der Waals surface area contributed by atoms with Crippen molar-refractivity contribution >= 4 is 50.7 Å². The van der Waals surface area contributed by atoms with E-state index in [-0.39, 0.29) is 23.2 Å². The van der Waals surface area contributed by atoms with Crippen LogP contribution in [0.5, 0.6) is 5.75 Å². The molecular weight excluding hydrogens is 573 g/mol. The Morgan fingerprint density at radius 3 is 2.12 bits per heavy atom. The minimum atomic E-state index is -4.20. The highest BCUT2D eigenvalue weighted by molar-refractivity contribution is 7.92. The average Bonchev–Trinajstić information content (AvgIpc) is 2.91. The van der Waals surface area contributed by atoms with Crippen molar-refractivity contribution in [1.82, 2.24) is 10.2 Å². The molecule has 3 aromatic carbocycles. The molecule has 0 aliphatic carbocycles. The number of carbonyl (C=O) groups excluding carboxylic acids is 2. The topological polar surface area (TPSA) is 96.0 Å². The van der Waals surface area contributed by atoms with Crippen molar-refractivity contribution in [2.24, 2.45) is 0 Å². The number of amides is 2. The lowest BCUT2D eigenvalue weighted by Gasteiger charge is -2.32. The highest BCUT2D eigenvalue weighted by Gasteiger charge is 2.33. The normalized spacial score (nSPS) is 12.1. The molecule has 0 aliphatic heterocycles. The number of carbonyl (C=O) groups is 2. The zero-order valence-corrected chi connectivity index (χ0v) is 25.3. The minimum Gasteiger partial charge on any atom is -0.497 e. The smallest absolute Gasteiger partial charge is 0.264 e. The van der Waals surface area contributed by atoms with E-state index in [2.05, 4.69) is 5.32 Å². The van der Waals surface area contributed by atoms with Crippen molar-refractivity contribution in [3.63, 3.8) is 0 Å². The summed E-state index contributed by atoms with van der Waals surface area (Å²) >= 11 is 12.8. The van der Waals surface area contributed by atoms with Gasteiger partial charge >= 0.3 is 0 Å². The number of halogens is 2. The van der Waals surface area contributed by atoms with Gasteiger partial charge in [-0.05, 0) is 64.1 Å². The van der Waals surface area contributed by atoms with Crippen molar-refractivity contribution in [2.75, 3.05) is 18.0 Å². The minimum absolute atomic E-state index is 0.0139. The lowest BCUT2D eigenvalue weighted by molar-refractivity contribution is -0.139. The van der Waals surface area contributed by atoms with Crippen LogP contribution in [-0.2, 0) is 26.2 Å². The molecule has 40 heavy (non-hydrogen) atoms. The summed E-state index contributed by atoms with van der Waals surface area (Å²) in [5, 5.41) is 3.44. The van der Waals surface area contributed by atoms with E-state index >= 15 is 0 Å². The molecule has 0 aliphatic rings. The van der Waals surface area contributed by atoms with Crippen molar-refractivity contribution in [3.8, 4) is 5.75 Å². The predicted octanol–water partition coefficient (Wildman–Crippen LogP) is 5.45. The Morgan fingerprint density at radius 2 is 1.55 bits per heavy atom. The van der Waals surface area contributed by atoms with Crippen molar-refractivity contribution in [3.05, 3.63) is 87.9 Å². The van der Waals surface area contributed by atoms with Gasteiger partial charge in [-0.15, -0.1) is 0 Å². The molecule has 1 N–H and O–H groups in total. The summed E-state index contributed by atoms with van der Waals surface area (Å²) in [6.45, 7) is 6.33. The van der Waals surface area contributed by atoms with E-state index in [1.165, 1.54) is 30.2 Å². The zero-order chi connectivity index (χ0) is 29.6. The highest BCUT2D eigenvalue weighted by atomic mass is 35.5. The average molecular weight is 607 g/mol.